The Morgan fingerprint density at radius 3 is 2.00 bits per heavy atom. The monoisotopic (exact) mass is 1190 g/mol. The van der Waals surface area contributed by atoms with Crippen LogP contribution in [0, 0.1) is 24.9 Å². The minimum atomic E-state index is 0.0153. The number of ether oxygens (including phenoxy) is 4. The number of benzene rings is 3. The highest BCUT2D eigenvalue weighted by Crippen LogP contribution is 2.43. The molecule has 4 aliphatic rings. The number of piperidine rings is 1. The minimum absolute atomic E-state index is 0.0153. The van der Waals surface area contributed by atoms with Crippen molar-refractivity contribution in [2.24, 2.45) is 17.8 Å². The van der Waals surface area contributed by atoms with Gasteiger partial charge in [-0.05, 0) is 133 Å². The topological polar surface area (TPSA) is 97.7 Å². The third kappa shape index (κ3) is 16.2. The molecule has 0 radical (unpaired) electrons. The first-order valence-electron chi connectivity index (χ1n) is 27.1. The van der Waals surface area contributed by atoms with Gasteiger partial charge in [-0.15, -0.1) is 0 Å². The van der Waals surface area contributed by atoms with Crippen LogP contribution in [0.15, 0.2) is 52.9 Å². The first-order valence-corrected chi connectivity index (χ1v) is 29.2. The maximum atomic E-state index is 13.6. The molecule has 1 aromatic heterocycles. The number of halogens is 2. The average Bonchev–Trinajstić information content (AvgIpc) is 3.78. The van der Waals surface area contributed by atoms with Gasteiger partial charge in [0.1, 0.15) is 23.7 Å². The number of hydrogen-bond acceptors (Lipinski definition) is 10. The summed E-state index contributed by atoms with van der Waals surface area (Å²) in [4.78, 5) is 18.3. The minimum Gasteiger partial charge on any atom is -0.493 e. The number of carbonyl (C=O) groups excluding carboxylic acids is 1. The van der Waals surface area contributed by atoms with Crippen molar-refractivity contribution in [1.29, 1.82) is 0 Å². The van der Waals surface area contributed by atoms with Gasteiger partial charge in [0.25, 0.3) is 0 Å². The lowest BCUT2D eigenvalue weighted by molar-refractivity contribution is 0.103. The molecule has 3 heterocycles. The summed E-state index contributed by atoms with van der Waals surface area (Å²) >= 11 is 4.54. The third-order valence-electron chi connectivity index (χ3n) is 15.3. The standard InChI is InChI=1S/C25H29I2NO3.C19H35N.C14H22N2O3/c1-4-7-11-22-23(18-10-8-9-12-21(18)31-22)24(29)17-15-19(26)25(20(27)16-17)30-14-13-28(5-2)6-3;1-3-9-16(10-4-1)19(17-11-5-2-6-12-17)15-18-13-7-8-14-20-18;1-17-12-5-4-11(13(18-2)14(12)19-3)10-16-8-6-15-7-9-16/h8-10,12,15-16H,4-7,11,13-14H2,1-3H3;16-20H,1-15H2;4-5,15H,6-10H2,1-3H3. The summed E-state index contributed by atoms with van der Waals surface area (Å²) in [6.07, 6.45) is 24.0. The lowest BCUT2D eigenvalue weighted by atomic mass is 9.67. The van der Waals surface area contributed by atoms with Gasteiger partial charge >= 0.3 is 0 Å². The fourth-order valence-corrected chi connectivity index (χ4v) is 13.5. The molecule has 2 aliphatic heterocycles. The van der Waals surface area contributed by atoms with Gasteiger partial charge in [0.2, 0.25) is 5.75 Å². The predicted molar refractivity (Wildman–Crippen MR) is 305 cm³/mol. The van der Waals surface area contributed by atoms with Crippen LogP contribution < -0.4 is 29.6 Å². The molecule has 0 amide bonds. The largest absolute Gasteiger partial charge is 0.493 e. The van der Waals surface area contributed by atoms with E-state index in [0.717, 1.165) is 136 Å². The molecule has 12 heteroatoms. The van der Waals surface area contributed by atoms with E-state index in [2.05, 4.69) is 86.4 Å². The molecule has 8 rings (SSSR count). The van der Waals surface area contributed by atoms with Gasteiger partial charge in [-0.25, -0.2) is 0 Å². The van der Waals surface area contributed by atoms with Gasteiger partial charge in [0, 0.05) is 68.2 Å². The second-order valence-electron chi connectivity index (χ2n) is 19.8. The van der Waals surface area contributed by atoms with Gasteiger partial charge < -0.3 is 38.9 Å². The van der Waals surface area contributed by atoms with Crippen molar-refractivity contribution in [2.75, 3.05) is 80.3 Å². The SMILES string of the molecule is C1CCC(C(CC2CCCCN2)C2CCCCC2)CC1.CCCCc1oc2ccccc2c1C(=O)c1cc(I)c(OCCN(CC)CC)c(I)c1.COc1ccc(CN2CCNCC2)c(OC)c1OC. The Hall–Kier alpha value is -2.63. The van der Waals surface area contributed by atoms with Gasteiger partial charge in [-0.1, -0.05) is 122 Å². The number of piperazine rings is 1. The van der Waals surface area contributed by atoms with E-state index in [0.29, 0.717) is 29.2 Å². The van der Waals surface area contributed by atoms with Gasteiger partial charge in [0.15, 0.2) is 17.3 Å². The number of unbranched alkanes of at least 4 members (excludes halogenated alkanes) is 1. The molecular weight excluding hydrogens is 1100 g/mol. The number of carbonyl (C=O) groups is 1. The van der Waals surface area contributed by atoms with Gasteiger partial charge in [-0.3, -0.25) is 9.69 Å². The number of fused-ring (bicyclic) bond motifs is 1. The molecule has 4 aromatic rings. The number of furan rings is 1. The molecule has 3 aromatic carbocycles. The molecule has 10 nitrogen and oxygen atoms in total. The first kappa shape index (κ1) is 56.7. The number of rotatable bonds is 20. The number of nitrogens with one attached hydrogen (secondary N) is 2. The van der Waals surface area contributed by atoms with Crippen molar-refractivity contribution in [3.05, 3.63) is 78.1 Å². The molecule has 2 N–H and O–H groups in total. The van der Waals surface area contributed by atoms with Crippen molar-refractivity contribution in [3.63, 3.8) is 0 Å². The summed E-state index contributed by atoms with van der Waals surface area (Å²) in [7, 11) is 4.93. The lowest BCUT2D eigenvalue weighted by Gasteiger charge is -2.40. The van der Waals surface area contributed by atoms with E-state index in [1.807, 2.05) is 48.5 Å². The van der Waals surface area contributed by atoms with Gasteiger partial charge in [-0.2, -0.15) is 0 Å². The zero-order valence-corrected chi connectivity index (χ0v) is 47.9. The van der Waals surface area contributed by atoms with Crippen LogP contribution in [0.1, 0.15) is 151 Å². The van der Waals surface area contributed by atoms with E-state index in [9.17, 15) is 4.79 Å². The van der Waals surface area contributed by atoms with Crippen molar-refractivity contribution >= 4 is 61.9 Å². The first-order chi connectivity index (χ1) is 34.2. The van der Waals surface area contributed by atoms with Crippen LogP contribution in [0.4, 0.5) is 0 Å². The summed E-state index contributed by atoms with van der Waals surface area (Å²) in [6, 6.07) is 16.5. The molecule has 2 aliphatic carbocycles. The van der Waals surface area contributed by atoms with Crippen LogP contribution in [0.25, 0.3) is 11.0 Å². The quantitative estimate of drug-likeness (QED) is 0.0658. The van der Waals surface area contributed by atoms with E-state index >= 15 is 0 Å². The smallest absolute Gasteiger partial charge is 0.203 e. The highest BCUT2D eigenvalue weighted by Gasteiger charge is 2.33. The Bertz CT molecular complexity index is 2110. The number of para-hydroxylation sites is 1. The molecule has 1 atom stereocenters. The normalized spacial score (nSPS) is 18.2. The maximum Gasteiger partial charge on any atom is 0.203 e. The average molecular weight is 1190 g/mol. The molecule has 70 heavy (non-hydrogen) atoms. The fraction of sp³-hybridized carbons (Fsp3) is 0.638. The van der Waals surface area contributed by atoms with Crippen molar-refractivity contribution < 1.29 is 28.2 Å². The highest BCUT2D eigenvalue weighted by molar-refractivity contribution is 14.1. The molecule has 1 unspecified atom stereocenters. The summed E-state index contributed by atoms with van der Waals surface area (Å²) in [5.41, 5.74) is 3.28. The van der Waals surface area contributed by atoms with Crippen LogP contribution in [0.5, 0.6) is 23.0 Å². The second-order valence-corrected chi connectivity index (χ2v) is 22.2. The molecule has 2 saturated carbocycles. The number of aryl methyl sites for hydroxylation is 1. The van der Waals surface area contributed by atoms with E-state index in [-0.39, 0.29) is 5.78 Å². The fourth-order valence-electron chi connectivity index (χ4n) is 11.4. The van der Waals surface area contributed by atoms with Crippen LogP contribution in [0.2, 0.25) is 0 Å². The Kier molecular flexibility index (Phi) is 24.7. The Balaban J connectivity index is 0.000000180. The van der Waals surface area contributed by atoms with Crippen LogP contribution in [-0.2, 0) is 13.0 Å². The predicted octanol–water partition coefficient (Wildman–Crippen LogP) is 13.3. The molecule has 0 bridgehead atoms. The number of methoxy groups -OCH3 is 3. The zero-order valence-electron chi connectivity index (χ0n) is 43.6. The number of nitrogens with zero attached hydrogens (tertiary/aromatic N) is 2. The Labute approximate surface area is 449 Å². The van der Waals surface area contributed by atoms with Crippen LogP contribution in [-0.4, -0.2) is 102 Å². The highest BCUT2D eigenvalue weighted by atomic mass is 127. The van der Waals surface area contributed by atoms with Crippen LogP contribution in [0.3, 0.4) is 0 Å². The molecule has 4 fully saturated rings. The summed E-state index contributed by atoms with van der Waals surface area (Å²) in [5, 5.41) is 8.07. The second kappa shape index (κ2) is 30.5. The lowest BCUT2D eigenvalue weighted by Crippen LogP contribution is -2.42. The van der Waals surface area contributed by atoms with Crippen molar-refractivity contribution in [1.82, 2.24) is 20.4 Å². The van der Waals surface area contributed by atoms with Gasteiger partial charge in [0.05, 0.1) is 34.0 Å². The van der Waals surface area contributed by atoms with Crippen LogP contribution >= 0.6 is 45.2 Å². The van der Waals surface area contributed by atoms with E-state index < -0.39 is 0 Å². The molecule has 0 spiro atoms. The van der Waals surface area contributed by atoms with Crippen molar-refractivity contribution in [2.45, 2.75) is 143 Å². The third-order valence-corrected chi connectivity index (χ3v) is 16.9. The number of hydrogen-bond donors (Lipinski definition) is 2. The summed E-state index contributed by atoms with van der Waals surface area (Å²) in [6.45, 7) is 16.3. The summed E-state index contributed by atoms with van der Waals surface area (Å²) < 4.78 is 30.3. The van der Waals surface area contributed by atoms with Crippen molar-refractivity contribution in [3.8, 4) is 23.0 Å². The Morgan fingerprint density at radius 2 is 1.41 bits per heavy atom. The number of ketones is 1. The van der Waals surface area contributed by atoms with E-state index in [1.165, 1.54) is 70.8 Å². The Morgan fingerprint density at radius 1 is 0.771 bits per heavy atom. The summed E-state index contributed by atoms with van der Waals surface area (Å²) in [5.74, 6) is 7.01. The van der Waals surface area contributed by atoms with E-state index in [4.69, 9.17) is 23.4 Å². The molecular formula is C58H86I2N4O6. The van der Waals surface area contributed by atoms with E-state index in [1.54, 1.807) is 47.0 Å². The maximum absolute atomic E-state index is 13.6. The number of likely N-dealkylation sites (N-methyl/N-ethyl adjacent to an activating group) is 1. The molecule has 388 valence electrons. The molecule has 2 saturated heterocycles. The zero-order chi connectivity index (χ0) is 49.7.